The van der Waals surface area contributed by atoms with E-state index < -0.39 is 6.04 Å². The normalized spacial score (nSPS) is 18.3. The third-order valence-electron chi connectivity index (χ3n) is 4.96. The molecule has 1 aromatic carbocycles. The molecule has 2 rings (SSSR count). The van der Waals surface area contributed by atoms with Crippen LogP contribution in [0.2, 0.25) is 0 Å². The van der Waals surface area contributed by atoms with Crippen LogP contribution in [0.4, 0.5) is 0 Å². The van der Waals surface area contributed by atoms with E-state index in [4.69, 9.17) is 4.74 Å². The molecule has 1 N–H and O–H groups in total. The number of nitrogens with zero attached hydrogens (tertiary/aromatic N) is 1. The fourth-order valence-corrected chi connectivity index (χ4v) is 3.62. The first kappa shape index (κ1) is 17.7. The van der Waals surface area contributed by atoms with Gasteiger partial charge < -0.3 is 10.1 Å². The van der Waals surface area contributed by atoms with Gasteiger partial charge in [-0.05, 0) is 36.5 Å². The van der Waals surface area contributed by atoms with Crippen LogP contribution in [0.3, 0.4) is 0 Å². The van der Waals surface area contributed by atoms with Gasteiger partial charge >= 0.3 is 0 Å². The molecule has 5 nitrogen and oxygen atoms in total. The highest BCUT2D eigenvalue weighted by molar-refractivity contribution is 5.27. The SMILES string of the molecule is CC[C@@H]([C@@H](NCc1ccc(OC)cc1)C1CCCCC1)[N+](=O)[O-]. The van der Waals surface area contributed by atoms with E-state index in [1.165, 1.54) is 19.3 Å². The van der Waals surface area contributed by atoms with Crippen molar-refractivity contribution in [1.29, 1.82) is 0 Å². The quantitative estimate of drug-likeness (QED) is 0.584. The van der Waals surface area contributed by atoms with Gasteiger partial charge in [-0.3, -0.25) is 10.1 Å². The predicted molar refractivity (Wildman–Crippen MR) is 91.3 cm³/mol. The van der Waals surface area contributed by atoms with Crippen molar-refractivity contribution in [1.82, 2.24) is 5.32 Å². The lowest BCUT2D eigenvalue weighted by Gasteiger charge is -2.32. The van der Waals surface area contributed by atoms with Crippen LogP contribution in [0.1, 0.15) is 51.0 Å². The molecule has 0 spiro atoms. The largest absolute Gasteiger partial charge is 0.497 e. The first-order chi connectivity index (χ1) is 11.2. The van der Waals surface area contributed by atoms with E-state index in [1.54, 1.807) is 7.11 Å². The van der Waals surface area contributed by atoms with E-state index in [2.05, 4.69) is 5.32 Å². The lowest BCUT2D eigenvalue weighted by molar-refractivity contribution is -0.529. The summed E-state index contributed by atoms with van der Waals surface area (Å²) in [7, 11) is 1.65. The van der Waals surface area contributed by atoms with Gasteiger partial charge in [0.05, 0.1) is 13.2 Å². The Morgan fingerprint density at radius 3 is 2.43 bits per heavy atom. The molecule has 0 amide bonds. The van der Waals surface area contributed by atoms with Gasteiger partial charge in [0.2, 0.25) is 6.04 Å². The van der Waals surface area contributed by atoms with Crippen LogP contribution in [0.5, 0.6) is 5.75 Å². The molecule has 1 saturated carbocycles. The molecule has 128 valence electrons. The van der Waals surface area contributed by atoms with Gasteiger partial charge in [0.15, 0.2) is 0 Å². The van der Waals surface area contributed by atoms with Gasteiger partial charge in [0.1, 0.15) is 5.75 Å². The second kappa shape index (κ2) is 8.87. The van der Waals surface area contributed by atoms with Crippen molar-refractivity contribution in [3.63, 3.8) is 0 Å². The number of hydrogen-bond acceptors (Lipinski definition) is 4. The van der Waals surface area contributed by atoms with E-state index in [1.807, 2.05) is 31.2 Å². The molecule has 0 saturated heterocycles. The Hall–Kier alpha value is -1.62. The van der Waals surface area contributed by atoms with Crippen molar-refractivity contribution in [2.75, 3.05) is 7.11 Å². The standard InChI is InChI=1S/C18H28N2O3/c1-3-17(20(21)22)18(15-7-5-4-6-8-15)19-13-14-9-11-16(23-2)12-10-14/h9-12,15,17-19H,3-8,13H2,1-2H3/t17-,18-/m0/s1. The molecule has 1 aromatic rings. The molecule has 1 fully saturated rings. The molecule has 1 aliphatic carbocycles. The Balaban J connectivity index is 2.04. The molecule has 0 aromatic heterocycles. The third-order valence-corrected chi connectivity index (χ3v) is 4.96. The summed E-state index contributed by atoms with van der Waals surface area (Å²) in [6, 6.07) is 7.33. The second-order valence-electron chi connectivity index (χ2n) is 6.41. The van der Waals surface area contributed by atoms with Gasteiger partial charge in [-0.1, -0.05) is 38.3 Å². The Bertz CT molecular complexity index is 484. The topological polar surface area (TPSA) is 64.4 Å². The molecule has 0 bridgehead atoms. The number of ether oxygens (including phenoxy) is 1. The van der Waals surface area contributed by atoms with Gasteiger partial charge in [-0.15, -0.1) is 0 Å². The fraction of sp³-hybridized carbons (Fsp3) is 0.667. The number of nitro groups is 1. The van der Waals surface area contributed by atoms with Crippen molar-refractivity contribution in [2.24, 2.45) is 5.92 Å². The van der Waals surface area contributed by atoms with E-state index in [9.17, 15) is 10.1 Å². The third kappa shape index (κ3) is 4.93. The number of methoxy groups -OCH3 is 1. The van der Waals surface area contributed by atoms with Crippen molar-refractivity contribution < 1.29 is 9.66 Å². The lowest BCUT2D eigenvalue weighted by Crippen LogP contribution is -2.49. The molecule has 2 atom stereocenters. The van der Waals surface area contributed by atoms with E-state index >= 15 is 0 Å². The smallest absolute Gasteiger partial charge is 0.228 e. The Morgan fingerprint density at radius 2 is 1.91 bits per heavy atom. The minimum atomic E-state index is -0.503. The minimum absolute atomic E-state index is 0.0441. The summed E-state index contributed by atoms with van der Waals surface area (Å²) < 4.78 is 5.17. The lowest BCUT2D eigenvalue weighted by atomic mass is 9.80. The molecule has 5 heteroatoms. The summed E-state index contributed by atoms with van der Waals surface area (Å²) in [5, 5.41) is 15.0. The summed E-state index contributed by atoms with van der Waals surface area (Å²) in [5.41, 5.74) is 1.13. The molecule has 1 aliphatic rings. The van der Waals surface area contributed by atoms with E-state index in [-0.39, 0.29) is 11.0 Å². The Morgan fingerprint density at radius 1 is 1.26 bits per heavy atom. The van der Waals surface area contributed by atoms with Crippen LogP contribution in [-0.4, -0.2) is 24.1 Å². The Kier molecular flexibility index (Phi) is 6.84. The zero-order valence-corrected chi connectivity index (χ0v) is 14.2. The van der Waals surface area contributed by atoms with Crippen LogP contribution >= 0.6 is 0 Å². The number of hydrogen-bond donors (Lipinski definition) is 1. The number of benzene rings is 1. The maximum Gasteiger partial charge on any atom is 0.228 e. The van der Waals surface area contributed by atoms with Crippen LogP contribution in [0.15, 0.2) is 24.3 Å². The minimum Gasteiger partial charge on any atom is -0.497 e. The summed E-state index contributed by atoms with van der Waals surface area (Å²) in [4.78, 5) is 11.4. The van der Waals surface area contributed by atoms with Crippen LogP contribution in [0, 0.1) is 16.0 Å². The highest BCUT2D eigenvalue weighted by Crippen LogP contribution is 2.29. The molecular formula is C18H28N2O3. The zero-order valence-electron chi connectivity index (χ0n) is 14.2. The average Bonchev–Trinajstić information content (AvgIpc) is 2.59. The van der Waals surface area contributed by atoms with Crippen LogP contribution < -0.4 is 10.1 Å². The fourth-order valence-electron chi connectivity index (χ4n) is 3.62. The van der Waals surface area contributed by atoms with Gasteiger partial charge in [0.25, 0.3) is 0 Å². The summed E-state index contributed by atoms with van der Waals surface area (Å²) in [6.07, 6.45) is 6.43. The zero-order chi connectivity index (χ0) is 16.7. The number of nitrogens with one attached hydrogen (secondary N) is 1. The first-order valence-electron chi connectivity index (χ1n) is 8.65. The molecule has 0 heterocycles. The average molecular weight is 320 g/mol. The summed E-state index contributed by atoms with van der Waals surface area (Å²) in [5.74, 6) is 1.24. The molecular weight excluding hydrogens is 292 g/mol. The first-order valence-corrected chi connectivity index (χ1v) is 8.65. The Labute approximate surface area is 138 Å². The van der Waals surface area contributed by atoms with Crippen molar-refractivity contribution in [2.45, 2.75) is 64.1 Å². The maximum absolute atomic E-state index is 11.5. The van der Waals surface area contributed by atoms with Crippen molar-refractivity contribution in [3.8, 4) is 5.75 Å². The molecule has 0 aliphatic heterocycles. The van der Waals surface area contributed by atoms with Gasteiger partial charge in [-0.25, -0.2) is 0 Å². The molecule has 0 unspecified atom stereocenters. The predicted octanol–water partition coefficient (Wildman–Crippen LogP) is 3.79. The highest BCUT2D eigenvalue weighted by atomic mass is 16.6. The monoisotopic (exact) mass is 320 g/mol. The molecule has 0 radical (unpaired) electrons. The number of rotatable bonds is 8. The van der Waals surface area contributed by atoms with E-state index in [0.29, 0.717) is 18.9 Å². The summed E-state index contributed by atoms with van der Waals surface area (Å²) in [6.45, 7) is 2.58. The van der Waals surface area contributed by atoms with Crippen molar-refractivity contribution >= 4 is 0 Å². The van der Waals surface area contributed by atoms with Gasteiger partial charge in [0, 0.05) is 17.9 Å². The summed E-state index contributed by atoms with van der Waals surface area (Å²) >= 11 is 0. The van der Waals surface area contributed by atoms with Crippen LogP contribution in [-0.2, 0) is 6.54 Å². The second-order valence-corrected chi connectivity index (χ2v) is 6.41. The van der Waals surface area contributed by atoms with Gasteiger partial charge in [-0.2, -0.15) is 0 Å². The van der Waals surface area contributed by atoms with Crippen molar-refractivity contribution in [3.05, 3.63) is 39.9 Å². The van der Waals surface area contributed by atoms with E-state index in [0.717, 1.165) is 24.2 Å². The van der Waals surface area contributed by atoms with Crippen LogP contribution in [0.25, 0.3) is 0 Å². The molecule has 23 heavy (non-hydrogen) atoms. The maximum atomic E-state index is 11.5. The highest BCUT2D eigenvalue weighted by Gasteiger charge is 2.36.